The SMILES string of the molecule is Cc1ccc(S(=O)(=O)N[C@H]2CSC[C@@H]2NS(=O)(=O)c2ccc(C)cc2)cc1.Cc1ccc(S(=O)(=O)N[C@H]2CSC[C@@H]2NS(=O)(=O)c2ccc(C)cc2)cc1. The Morgan fingerprint density at radius 3 is 0.685 bits per heavy atom. The van der Waals surface area contributed by atoms with E-state index in [1.54, 1.807) is 97.1 Å². The fraction of sp³-hybridized carbons (Fsp3) is 0.333. The molecule has 0 spiro atoms. The Balaban J connectivity index is 0.000000208. The van der Waals surface area contributed by atoms with Crippen molar-refractivity contribution in [3.63, 3.8) is 0 Å². The molecule has 12 nitrogen and oxygen atoms in total. The van der Waals surface area contributed by atoms with E-state index in [9.17, 15) is 33.7 Å². The van der Waals surface area contributed by atoms with Crippen LogP contribution in [0.25, 0.3) is 0 Å². The minimum Gasteiger partial charge on any atom is -0.207 e. The van der Waals surface area contributed by atoms with Crippen molar-refractivity contribution in [2.75, 3.05) is 23.0 Å². The lowest BCUT2D eigenvalue weighted by molar-refractivity contribution is 0.506. The van der Waals surface area contributed by atoms with E-state index in [2.05, 4.69) is 18.9 Å². The first kappa shape index (κ1) is 42.4. The molecule has 4 atom stereocenters. The summed E-state index contributed by atoms with van der Waals surface area (Å²) in [5.74, 6) is 2.02. The quantitative estimate of drug-likeness (QED) is 0.162. The van der Waals surface area contributed by atoms with E-state index in [0.717, 1.165) is 22.3 Å². The lowest BCUT2D eigenvalue weighted by Crippen LogP contribution is -2.50. The molecule has 292 valence electrons. The summed E-state index contributed by atoms with van der Waals surface area (Å²) in [4.78, 5) is 0.686. The van der Waals surface area contributed by atoms with E-state index >= 15 is 0 Å². The number of rotatable bonds is 12. The molecule has 2 aliphatic rings. The summed E-state index contributed by atoms with van der Waals surface area (Å²) in [6.45, 7) is 7.53. The number of benzene rings is 4. The minimum absolute atomic E-state index is 0.171. The van der Waals surface area contributed by atoms with Crippen molar-refractivity contribution in [3.8, 4) is 0 Å². The highest BCUT2D eigenvalue weighted by Gasteiger charge is 2.36. The van der Waals surface area contributed by atoms with Gasteiger partial charge in [-0.25, -0.2) is 52.6 Å². The van der Waals surface area contributed by atoms with Crippen molar-refractivity contribution in [2.24, 2.45) is 0 Å². The Labute approximate surface area is 327 Å². The van der Waals surface area contributed by atoms with Gasteiger partial charge in [-0.15, -0.1) is 0 Å². The van der Waals surface area contributed by atoms with Crippen LogP contribution in [0.15, 0.2) is 117 Å². The zero-order valence-corrected chi connectivity index (χ0v) is 35.0. The van der Waals surface area contributed by atoms with Crippen LogP contribution in [0, 0.1) is 27.7 Å². The zero-order valence-electron chi connectivity index (χ0n) is 30.1. The van der Waals surface area contributed by atoms with Crippen LogP contribution in [0.4, 0.5) is 0 Å². The molecule has 0 aliphatic carbocycles. The number of nitrogens with one attached hydrogen (secondary N) is 4. The monoisotopic (exact) mass is 852 g/mol. The third-order valence-corrected chi connectivity index (χ3v) is 17.1. The van der Waals surface area contributed by atoms with Gasteiger partial charge in [0.15, 0.2) is 0 Å². The molecule has 4 aromatic carbocycles. The van der Waals surface area contributed by atoms with Gasteiger partial charge in [0.05, 0.1) is 19.6 Å². The third kappa shape index (κ3) is 11.2. The van der Waals surface area contributed by atoms with Crippen LogP contribution < -0.4 is 18.9 Å². The minimum atomic E-state index is -3.72. The van der Waals surface area contributed by atoms with Gasteiger partial charge in [-0.3, -0.25) is 0 Å². The molecule has 0 unspecified atom stereocenters. The molecule has 54 heavy (non-hydrogen) atoms. The van der Waals surface area contributed by atoms with Gasteiger partial charge in [0.2, 0.25) is 40.1 Å². The molecule has 0 amide bonds. The Morgan fingerprint density at radius 2 is 0.519 bits per heavy atom. The summed E-state index contributed by atoms with van der Waals surface area (Å²) in [5.41, 5.74) is 3.87. The van der Waals surface area contributed by atoms with E-state index in [-0.39, 0.29) is 19.6 Å². The normalized spacial score (nSPS) is 20.7. The van der Waals surface area contributed by atoms with Crippen LogP contribution in [0.5, 0.6) is 0 Å². The predicted octanol–water partition coefficient (Wildman–Crippen LogP) is 4.09. The van der Waals surface area contributed by atoms with Gasteiger partial charge in [-0.05, 0) is 76.2 Å². The highest BCUT2D eigenvalue weighted by atomic mass is 32.2. The maximum absolute atomic E-state index is 12.6. The molecule has 4 aromatic rings. The molecule has 0 bridgehead atoms. The topological polar surface area (TPSA) is 185 Å². The van der Waals surface area contributed by atoms with Crippen molar-refractivity contribution in [1.29, 1.82) is 0 Å². The Morgan fingerprint density at radius 1 is 0.352 bits per heavy atom. The van der Waals surface area contributed by atoms with Gasteiger partial charge in [0.25, 0.3) is 0 Å². The molecule has 4 N–H and O–H groups in total. The van der Waals surface area contributed by atoms with Gasteiger partial charge >= 0.3 is 0 Å². The summed E-state index contributed by atoms with van der Waals surface area (Å²) in [6.07, 6.45) is 0. The predicted molar refractivity (Wildman–Crippen MR) is 216 cm³/mol. The van der Waals surface area contributed by atoms with Crippen molar-refractivity contribution in [3.05, 3.63) is 119 Å². The number of thioether (sulfide) groups is 2. The molecule has 18 heteroatoms. The molecule has 0 aromatic heterocycles. The van der Waals surface area contributed by atoms with Gasteiger partial charge in [0, 0.05) is 47.2 Å². The van der Waals surface area contributed by atoms with E-state index in [0.29, 0.717) is 23.0 Å². The molecule has 2 heterocycles. The van der Waals surface area contributed by atoms with Crippen molar-refractivity contribution in [1.82, 2.24) is 18.9 Å². The fourth-order valence-electron chi connectivity index (χ4n) is 5.51. The lowest BCUT2D eigenvalue weighted by Gasteiger charge is -2.21. The Bertz CT molecular complexity index is 2010. The molecule has 6 rings (SSSR count). The van der Waals surface area contributed by atoms with Gasteiger partial charge in [-0.2, -0.15) is 23.5 Å². The van der Waals surface area contributed by atoms with Crippen LogP contribution in [-0.4, -0.2) is 80.8 Å². The number of hydrogen-bond acceptors (Lipinski definition) is 10. The highest BCUT2D eigenvalue weighted by Crippen LogP contribution is 2.25. The number of hydrogen-bond donors (Lipinski definition) is 4. The molecule has 2 fully saturated rings. The summed E-state index contributed by atoms with van der Waals surface area (Å²) in [6, 6.07) is 24.2. The average Bonchev–Trinajstić information content (AvgIpc) is 3.72. The second-order valence-corrected chi connectivity index (χ2v) is 22.2. The van der Waals surface area contributed by atoms with Gasteiger partial charge in [-0.1, -0.05) is 70.8 Å². The van der Waals surface area contributed by atoms with E-state index in [1.165, 1.54) is 23.5 Å². The van der Waals surface area contributed by atoms with Gasteiger partial charge in [0.1, 0.15) is 0 Å². The molecule has 2 aliphatic heterocycles. The highest BCUT2D eigenvalue weighted by molar-refractivity contribution is 8.00. The molecular formula is C36H44N4O8S6. The maximum Gasteiger partial charge on any atom is 0.240 e. The first-order valence-electron chi connectivity index (χ1n) is 16.9. The van der Waals surface area contributed by atoms with Crippen molar-refractivity contribution in [2.45, 2.75) is 71.4 Å². The summed E-state index contributed by atoms with van der Waals surface area (Å²) < 4.78 is 112. The molecular weight excluding hydrogens is 809 g/mol. The average molecular weight is 853 g/mol. The molecule has 2 saturated heterocycles. The second kappa shape index (κ2) is 17.6. The third-order valence-electron chi connectivity index (χ3n) is 8.71. The smallest absolute Gasteiger partial charge is 0.207 e. The summed E-state index contributed by atoms with van der Waals surface area (Å²) in [5, 5.41) is 0. The first-order chi connectivity index (χ1) is 25.3. The standard InChI is InChI=1S/2C18H22N2O4S3/c2*1-13-3-7-15(8-4-13)26(21,22)19-17-11-25-12-18(17)20-27(23,24)16-9-5-14(2)6-10-16/h2*3-10,17-20H,11-12H2,1-2H3/t2*17-,18-/m00/s1. The molecule has 0 radical (unpaired) electrons. The van der Waals surface area contributed by atoms with Crippen LogP contribution in [-0.2, 0) is 40.1 Å². The van der Waals surface area contributed by atoms with Crippen LogP contribution >= 0.6 is 23.5 Å². The summed E-state index contributed by atoms with van der Waals surface area (Å²) >= 11 is 3.03. The van der Waals surface area contributed by atoms with Crippen LogP contribution in [0.1, 0.15) is 22.3 Å². The zero-order chi connectivity index (χ0) is 39.3. The first-order valence-corrected chi connectivity index (χ1v) is 25.1. The van der Waals surface area contributed by atoms with Crippen molar-refractivity contribution < 1.29 is 33.7 Å². The largest absolute Gasteiger partial charge is 0.240 e. The van der Waals surface area contributed by atoms with E-state index in [1.807, 2.05) is 27.7 Å². The van der Waals surface area contributed by atoms with E-state index in [4.69, 9.17) is 0 Å². The van der Waals surface area contributed by atoms with E-state index < -0.39 is 64.3 Å². The Hall–Kier alpha value is -2.78. The Kier molecular flexibility index (Phi) is 13.8. The molecule has 0 saturated carbocycles. The number of aryl methyl sites for hydroxylation is 4. The fourth-order valence-corrected chi connectivity index (χ4v) is 13.6. The lowest BCUT2D eigenvalue weighted by atomic mass is 10.2. The van der Waals surface area contributed by atoms with Gasteiger partial charge < -0.3 is 0 Å². The second-order valence-electron chi connectivity index (χ2n) is 13.2. The van der Waals surface area contributed by atoms with Crippen molar-refractivity contribution >= 4 is 63.6 Å². The summed E-state index contributed by atoms with van der Waals surface area (Å²) in [7, 11) is -14.9. The van der Waals surface area contributed by atoms with Crippen LogP contribution in [0.3, 0.4) is 0 Å². The number of sulfonamides is 4. The maximum atomic E-state index is 12.6. The van der Waals surface area contributed by atoms with Crippen LogP contribution in [0.2, 0.25) is 0 Å².